The number of fused-ring (bicyclic) bond motifs is 1. The summed E-state index contributed by atoms with van der Waals surface area (Å²) >= 11 is 0. The molecule has 1 aliphatic rings. The first kappa shape index (κ1) is 10.5. The van der Waals surface area contributed by atoms with Gasteiger partial charge in [0.1, 0.15) is 17.4 Å². The molecule has 0 bridgehead atoms. The maximum atomic E-state index is 9.22. The normalized spacial score (nSPS) is 18.1. The van der Waals surface area contributed by atoms with E-state index in [1.165, 1.54) is 0 Å². The Kier molecular flexibility index (Phi) is 2.13. The molecule has 0 spiro atoms. The molecule has 3 heterocycles. The zero-order chi connectivity index (χ0) is 12.7. The number of aromatic nitrogens is 1. The first-order chi connectivity index (χ1) is 8.72. The van der Waals surface area contributed by atoms with Crippen molar-refractivity contribution in [3.05, 3.63) is 46.9 Å². The van der Waals surface area contributed by atoms with Crippen molar-refractivity contribution in [2.24, 2.45) is 5.73 Å². The zero-order valence-electron chi connectivity index (χ0n) is 9.51. The molecule has 1 atom stereocenters. The summed E-state index contributed by atoms with van der Waals surface area (Å²) in [7, 11) is 0. The standard InChI is InChI=1S/C12H9N3O3/c1-6-9-10(8-3-2-4-16-8)7(5-13)11(14)17-12(9)18-15-6/h2-4,10H,14H2,1H3. The van der Waals surface area contributed by atoms with Crippen LogP contribution in [0.25, 0.3) is 0 Å². The van der Waals surface area contributed by atoms with Gasteiger partial charge < -0.3 is 19.4 Å². The SMILES string of the molecule is Cc1noc2c1C(c1ccco1)C(C#N)=C(N)O2. The first-order valence-corrected chi connectivity index (χ1v) is 5.29. The number of ether oxygens (including phenoxy) is 1. The fourth-order valence-corrected chi connectivity index (χ4v) is 2.06. The van der Waals surface area contributed by atoms with Crippen LogP contribution in [0, 0.1) is 18.3 Å². The number of nitriles is 1. The van der Waals surface area contributed by atoms with Gasteiger partial charge in [-0.2, -0.15) is 5.26 Å². The van der Waals surface area contributed by atoms with Crippen molar-refractivity contribution in [2.45, 2.75) is 12.8 Å². The van der Waals surface area contributed by atoms with E-state index in [2.05, 4.69) is 11.2 Å². The second-order valence-electron chi connectivity index (χ2n) is 3.91. The molecule has 0 radical (unpaired) electrons. The average Bonchev–Trinajstić information content (AvgIpc) is 2.98. The number of nitrogens with two attached hydrogens (primary N) is 1. The lowest BCUT2D eigenvalue weighted by molar-refractivity contribution is 0.252. The summed E-state index contributed by atoms with van der Waals surface area (Å²) < 4.78 is 15.7. The van der Waals surface area contributed by atoms with E-state index in [4.69, 9.17) is 19.4 Å². The highest BCUT2D eigenvalue weighted by Gasteiger charge is 2.37. The monoisotopic (exact) mass is 243 g/mol. The largest absolute Gasteiger partial charge is 0.468 e. The van der Waals surface area contributed by atoms with Crippen LogP contribution in [0.3, 0.4) is 0 Å². The molecule has 3 rings (SSSR count). The molecule has 90 valence electrons. The van der Waals surface area contributed by atoms with Gasteiger partial charge in [-0.05, 0) is 19.1 Å². The molecule has 1 unspecified atom stereocenters. The Labute approximate surface area is 102 Å². The van der Waals surface area contributed by atoms with Gasteiger partial charge in [0.25, 0.3) is 0 Å². The Morgan fingerprint density at radius 1 is 1.50 bits per heavy atom. The third-order valence-corrected chi connectivity index (χ3v) is 2.87. The average molecular weight is 243 g/mol. The van der Waals surface area contributed by atoms with Crippen LogP contribution >= 0.6 is 0 Å². The summed E-state index contributed by atoms with van der Waals surface area (Å²) in [5, 5.41) is 13.1. The molecule has 0 aliphatic carbocycles. The quantitative estimate of drug-likeness (QED) is 0.819. The van der Waals surface area contributed by atoms with E-state index in [1.807, 2.05) is 0 Å². The van der Waals surface area contributed by atoms with Crippen LogP contribution in [-0.4, -0.2) is 5.16 Å². The topological polar surface area (TPSA) is 98.2 Å². The van der Waals surface area contributed by atoms with Crippen LogP contribution in [0.15, 0.2) is 38.8 Å². The van der Waals surface area contributed by atoms with E-state index in [-0.39, 0.29) is 11.8 Å². The number of hydrogen-bond acceptors (Lipinski definition) is 6. The molecule has 6 heteroatoms. The Morgan fingerprint density at radius 3 is 3.00 bits per heavy atom. The van der Waals surface area contributed by atoms with Crippen LogP contribution in [-0.2, 0) is 0 Å². The summed E-state index contributed by atoms with van der Waals surface area (Å²) in [6, 6.07) is 5.57. The van der Waals surface area contributed by atoms with Crippen molar-refractivity contribution in [3.8, 4) is 12.0 Å². The maximum absolute atomic E-state index is 9.22. The highest BCUT2D eigenvalue weighted by Crippen LogP contribution is 2.43. The summed E-state index contributed by atoms with van der Waals surface area (Å²) in [4.78, 5) is 0. The Bertz CT molecular complexity index is 661. The van der Waals surface area contributed by atoms with Crippen molar-refractivity contribution in [1.82, 2.24) is 5.16 Å². The Morgan fingerprint density at radius 2 is 2.33 bits per heavy atom. The number of nitrogens with zero attached hydrogens (tertiary/aromatic N) is 2. The van der Waals surface area contributed by atoms with Gasteiger partial charge in [-0.1, -0.05) is 5.16 Å². The van der Waals surface area contributed by atoms with Crippen LogP contribution in [0.5, 0.6) is 5.95 Å². The molecule has 0 saturated carbocycles. The van der Waals surface area contributed by atoms with Crippen LogP contribution in [0.4, 0.5) is 0 Å². The summed E-state index contributed by atoms with van der Waals surface area (Å²) in [5.74, 6) is 0.401. The van der Waals surface area contributed by atoms with E-state index >= 15 is 0 Å². The van der Waals surface area contributed by atoms with Crippen molar-refractivity contribution in [2.75, 3.05) is 0 Å². The third kappa shape index (κ3) is 1.31. The van der Waals surface area contributed by atoms with Crippen LogP contribution in [0.1, 0.15) is 22.9 Å². The molecular formula is C12H9N3O3. The second kappa shape index (κ2) is 3.67. The molecular weight excluding hydrogens is 234 g/mol. The lowest BCUT2D eigenvalue weighted by Crippen LogP contribution is -2.20. The van der Waals surface area contributed by atoms with Crippen molar-refractivity contribution >= 4 is 0 Å². The predicted octanol–water partition coefficient (Wildman–Crippen LogP) is 1.79. The fraction of sp³-hybridized carbons (Fsp3) is 0.167. The van der Waals surface area contributed by atoms with E-state index in [1.54, 1.807) is 25.3 Å². The number of hydrogen-bond donors (Lipinski definition) is 1. The molecule has 1 aliphatic heterocycles. The van der Waals surface area contributed by atoms with Crippen molar-refractivity contribution in [1.29, 1.82) is 5.26 Å². The van der Waals surface area contributed by atoms with Crippen molar-refractivity contribution < 1.29 is 13.7 Å². The van der Waals surface area contributed by atoms with Gasteiger partial charge in [-0.25, -0.2) is 0 Å². The van der Waals surface area contributed by atoms with E-state index in [0.717, 1.165) is 0 Å². The molecule has 0 fully saturated rings. The fourth-order valence-electron chi connectivity index (χ4n) is 2.06. The summed E-state index contributed by atoms with van der Waals surface area (Å²) in [6.07, 6.45) is 1.54. The maximum Gasteiger partial charge on any atom is 0.322 e. The molecule has 18 heavy (non-hydrogen) atoms. The van der Waals surface area contributed by atoms with Gasteiger partial charge in [-0.15, -0.1) is 0 Å². The molecule has 6 nitrogen and oxygen atoms in total. The molecule has 0 amide bonds. The van der Waals surface area contributed by atoms with Crippen LogP contribution < -0.4 is 10.5 Å². The zero-order valence-corrected chi connectivity index (χ0v) is 9.51. The summed E-state index contributed by atoms with van der Waals surface area (Å²) in [5.41, 5.74) is 7.33. The van der Waals surface area contributed by atoms with Gasteiger partial charge in [0.05, 0.1) is 23.4 Å². The highest BCUT2D eigenvalue weighted by molar-refractivity contribution is 5.51. The molecule has 0 saturated heterocycles. The van der Waals surface area contributed by atoms with Gasteiger partial charge in [0.15, 0.2) is 0 Å². The smallest absolute Gasteiger partial charge is 0.322 e. The summed E-state index contributed by atoms with van der Waals surface area (Å²) in [6.45, 7) is 1.78. The minimum absolute atomic E-state index is 0.0163. The highest BCUT2D eigenvalue weighted by atomic mass is 16.6. The van der Waals surface area contributed by atoms with Crippen molar-refractivity contribution in [3.63, 3.8) is 0 Å². The molecule has 2 aromatic heterocycles. The van der Waals surface area contributed by atoms with Gasteiger partial charge >= 0.3 is 5.95 Å². The van der Waals surface area contributed by atoms with E-state index in [0.29, 0.717) is 22.6 Å². The minimum Gasteiger partial charge on any atom is -0.468 e. The number of furan rings is 1. The van der Waals surface area contributed by atoms with Gasteiger partial charge in [0.2, 0.25) is 5.88 Å². The minimum atomic E-state index is -0.431. The van der Waals surface area contributed by atoms with Crippen LogP contribution in [0.2, 0.25) is 0 Å². The molecule has 2 aromatic rings. The Balaban J connectivity index is 2.25. The number of aryl methyl sites for hydroxylation is 1. The first-order valence-electron chi connectivity index (χ1n) is 5.29. The Hall–Kier alpha value is -2.68. The van der Waals surface area contributed by atoms with E-state index in [9.17, 15) is 5.26 Å². The second-order valence-corrected chi connectivity index (χ2v) is 3.91. The predicted molar refractivity (Wildman–Crippen MR) is 59.2 cm³/mol. The van der Waals surface area contributed by atoms with Gasteiger partial charge in [-0.3, -0.25) is 0 Å². The lowest BCUT2D eigenvalue weighted by atomic mass is 9.88. The van der Waals surface area contributed by atoms with Gasteiger partial charge in [0, 0.05) is 0 Å². The molecule has 2 N–H and O–H groups in total. The molecule has 0 aromatic carbocycles. The third-order valence-electron chi connectivity index (χ3n) is 2.87. The lowest BCUT2D eigenvalue weighted by Gasteiger charge is -2.20. The van der Waals surface area contributed by atoms with E-state index < -0.39 is 5.92 Å². The number of allylic oxidation sites excluding steroid dienone is 1. The number of rotatable bonds is 1.